The molecule has 1 unspecified atom stereocenters. The van der Waals surface area contributed by atoms with Gasteiger partial charge in [0.25, 0.3) is 0 Å². The van der Waals surface area contributed by atoms with Crippen LogP contribution in [0.5, 0.6) is 5.75 Å². The molecule has 1 aromatic heterocycles. The van der Waals surface area contributed by atoms with Gasteiger partial charge in [-0.25, -0.2) is 0 Å². The van der Waals surface area contributed by atoms with Crippen molar-refractivity contribution in [1.82, 2.24) is 9.78 Å². The molecule has 1 atom stereocenters. The Morgan fingerprint density at radius 1 is 1.33 bits per heavy atom. The summed E-state index contributed by atoms with van der Waals surface area (Å²) in [6.07, 6.45) is -1.17. The van der Waals surface area contributed by atoms with Crippen LogP contribution in [0.4, 0.5) is 18.9 Å². The predicted molar refractivity (Wildman–Crippen MR) is 73.1 cm³/mol. The molecule has 2 rings (SSSR count). The van der Waals surface area contributed by atoms with E-state index in [2.05, 4.69) is 15.2 Å². The number of nitrogens with zero attached hydrogens (tertiary/aromatic N) is 2. The van der Waals surface area contributed by atoms with E-state index in [1.807, 2.05) is 20.0 Å². The number of para-hydroxylation sites is 2. The van der Waals surface area contributed by atoms with Gasteiger partial charge in [-0.1, -0.05) is 12.1 Å². The molecule has 0 amide bonds. The number of benzene rings is 1. The Balaban J connectivity index is 2.15. The van der Waals surface area contributed by atoms with Gasteiger partial charge < -0.3 is 10.1 Å². The maximum Gasteiger partial charge on any atom is 0.573 e. The van der Waals surface area contributed by atoms with E-state index in [1.165, 1.54) is 12.1 Å². The number of hydrogen-bond acceptors (Lipinski definition) is 3. The summed E-state index contributed by atoms with van der Waals surface area (Å²) in [5.74, 6) is -0.250. The molecule has 1 heterocycles. The average Bonchev–Trinajstić information content (AvgIpc) is 2.88. The molecule has 0 saturated heterocycles. The maximum absolute atomic E-state index is 12.4. The number of aromatic nitrogens is 2. The van der Waals surface area contributed by atoms with Crippen LogP contribution in [0, 0.1) is 0 Å². The van der Waals surface area contributed by atoms with Crippen LogP contribution in [-0.2, 0) is 6.54 Å². The normalized spacial score (nSPS) is 13.0. The number of alkyl halides is 3. The van der Waals surface area contributed by atoms with Crippen LogP contribution in [-0.4, -0.2) is 16.1 Å². The van der Waals surface area contributed by atoms with E-state index in [9.17, 15) is 13.2 Å². The SMILES string of the molecule is CCn1cc(C(C)Nc2ccccc2OC(F)(F)F)cn1. The van der Waals surface area contributed by atoms with Crippen molar-refractivity contribution in [2.75, 3.05) is 5.32 Å². The van der Waals surface area contributed by atoms with Crippen LogP contribution in [0.25, 0.3) is 0 Å². The van der Waals surface area contributed by atoms with Gasteiger partial charge in [0.15, 0.2) is 5.75 Å². The third-order valence-electron chi connectivity index (χ3n) is 2.96. The molecular formula is C14H16F3N3O. The van der Waals surface area contributed by atoms with Crippen molar-refractivity contribution >= 4 is 5.69 Å². The Labute approximate surface area is 120 Å². The molecule has 0 bridgehead atoms. The quantitative estimate of drug-likeness (QED) is 0.908. The molecule has 0 radical (unpaired) electrons. The average molecular weight is 299 g/mol. The molecule has 0 aliphatic rings. The minimum Gasteiger partial charge on any atom is -0.404 e. The van der Waals surface area contributed by atoms with Gasteiger partial charge in [0.1, 0.15) is 0 Å². The molecular weight excluding hydrogens is 283 g/mol. The molecule has 1 aromatic carbocycles. The number of anilines is 1. The van der Waals surface area contributed by atoms with Gasteiger partial charge in [0.05, 0.1) is 17.9 Å². The highest BCUT2D eigenvalue weighted by atomic mass is 19.4. The third kappa shape index (κ3) is 4.14. The van der Waals surface area contributed by atoms with Crippen molar-refractivity contribution in [2.45, 2.75) is 32.8 Å². The number of nitrogens with one attached hydrogen (secondary N) is 1. The Bertz CT molecular complexity index is 595. The summed E-state index contributed by atoms with van der Waals surface area (Å²) in [6, 6.07) is 5.77. The van der Waals surface area contributed by atoms with Crippen molar-refractivity contribution in [1.29, 1.82) is 0 Å². The molecule has 21 heavy (non-hydrogen) atoms. The predicted octanol–water partition coefficient (Wildman–Crippen LogP) is 3.97. The van der Waals surface area contributed by atoms with Crippen molar-refractivity contribution < 1.29 is 17.9 Å². The number of hydrogen-bond donors (Lipinski definition) is 1. The van der Waals surface area contributed by atoms with E-state index < -0.39 is 6.36 Å². The van der Waals surface area contributed by atoms with Crippen molar-refractivity contribution in [3.8, 4) is 5.75 Å². The van der Waals surface area contributed by atoms with Crippen LogP contribution in [0.1, 0.15) is 25.5 Å². The molecule has 0 aliphatic carbocycles. The van der Waals surface area contributed by atoms with E-state index in [0.29, 0.717) is 0 Å². The highest BCUT2D eigenvalue weighted by Gasteiger charge is 2.32. The molecule has 0 saturated carbocycles. The van der Waals surface area contributed by atoms with E-state index in [0.717, 1.165) is 12.1 Å². The fourth-order valence-corrected chi connectivity index (χ4v) is 1.89. The van der Waals surface area contributed by atoms with Gasteiger partial charge in [-0.05, 0) is 26.0 Å². The van der Waals surface area contributed by atoms with Gasteiger partial charge >= 0.3 is 6.36 Å². The second-order valence-corrected chi connectivity index (χ2v) is 4.54. The lowest BCUT2D eigenvalue weighted by atomic mass is 10.1. The van der Waals surface area contributed by atoms with Gasteiger partial charge in [0.2, 0.25) is 0 Å². The lowest BCUT2D eigenvalue weighted by molar-refractivity contribution is -0.274. The van der Waals surface area contributed by atoms with Crippen LogP contribution >= 0.6 is 0 Å². The monoisotopic (exact) mass is 299 g/mol. The largest absolute Gasteiger partial charge is 0.573 e. The Morgan fingerprint density at radius 2 is 2.05 bits per heavy atom. The van der Waals surface area contributed by atoms with E-state index >= 15 is 0 Å². The summed E-state index contributed by atoms with van der Waals surface area (Å²) in [4.78, 5) is 0. The molecule has 2 aromatic rings. The van der Waals surface area contributed by atoms with Crippen molar-refractivity contribution in [3.05, 3.63) is 42.2 Å². The minimum atomic E-state index is -4.71. The zero-order valence-corrected chi connectivity index (χ0v) is 11.7. The summed E-state index contributed by atoms with van der Waals surface area (Å²) in [5.41, 5.74) is 1.17. The number of ether oxygens (including phenoxy) is 1. The molecule has 7 heteroatoms. The lowest BCUT2D eigenvalue weighted by Crippen LogP contribution is -2.18. The smallest absolute Gasteiger partial charge is 0.404 e. The second kappa shape index (κ2) is 6.07. The minimum absolute atomic E-state index is 0.191. The second-order valence-electron chi connectivity index (χ2n) is 4.54. The van der Waals surface area contributed by atoms with Gasteiger partial charge in [-0.2, -0.15) is 5.10 Å². The number of rotatable bonds is 5. The van der Waals surface area contributed by atoms with Crippen LogP contribution in [0.2, 0.25) is 0 Å². The Morgan fingerprint density at radius 3 is 2.67 bits per heavy atom. The van der Waals surface area contributed by atoms with E-state index in [-0.39, 0.29) is 17.5 Å². The summed E-state index contributed by atoms with van der Waals surface area (Å²) in [5, 5.41) is 7.15. The zero-order valence-electron chi connectivity index (χ0n) is 11.7. The van der Waals surface area contributed by atoms with Crippen LogP contribution < -0.4 is 10.1 Å². The van der Waals surface area contributed by atoms with Crippen molar-refractivity contribution in [3.63, 3.8) is 0 Å². The van der Waals surface area contributed by atoms with Gasteiger partial charge in [-0.3, -0.25) is 4.68 Å². The molecule has 114 valence electrons. The first kappa shape index (κ1) is 15.2. The Hall–Kier alpha value is -2.18. The first-order valence-electron chi connectivity index (χ1n) is 6.52. The summed E-state index contributed by atoms with van der Waals surface area (Å²) < 4.78 is 42.9. The lowest BCUT2D eigenvalue weighted by Gasteiger charge is -2.18. The van der Waals surface area contributed by atoms with Crippen LogP contribution in [0.3, 0.4) is 0 Å². The molecule has 1 N–H and O–H groups in total. The summed E-state index contributed by atoms with van der Waals surface area (Å²) >= 11 is 0. The molecule has 0 aliphatic heterocycles. The molecule has 4 nitrogen and oxygen atoms in total. The summed E-state index contributed by atoms with van der Waals surface area (Å²) in [7, 11) is 0. The highest BCUT2D eigenvalue weighted by molar-refractivity contribution is 5.57. The van der Waals surface area contributed by atoms with E-state index in [1.54, 1.807) is 23.0 Å². The first-order chi connectivity index (χ1) is 9.89. The molecule has 0 fully saturated rings. The number of aryl methyl sites for hydroxylation is 1. The highest BCUT2D eigenvalue weighted by Crippen LogP contribution is 2.32. The topological polar surface area (TPSA) is 39.1 Å². The maximum atomic E-state index is 12.4. The first-order valence-corrected chi connectivity index (χ1v) is 6.52. The standard InChI is InChI=1S/C14H16F3N3O/c1-3-20-9-11(8-18-20)10(2)19-12-6-4-5-7-13(12)21-14(15,16)17/h4-10,19H,3H2,1-2H3. The fourth-order valence-electron chi connectivity index (χ4n) is 1.89. The van der Waals surface area contributed by atoms with Crippen molar-refractivity contribution in [2.24, 2.45) is 0 Å². The Kier molecular flexibility index (Phi) is 4.40. The molecule has 0 spiro atoms. The van der Waals surface area contributed by atoms with Crippen LogP contribution in [0.15, 0.2) is 36.7 Å². The number of halogens is 3. The zero-order chi connectivity index (χ0) is 15.5. The van der Waals surface area contributed by atoms with Gasteiger partial charge in [-0.15, -0.1) is 13.2 Å². The van der Waals surface area contributed by atoms with E-state index in [4.69, 9.17) is 0 Å². The summed E-state index contributed by atoms with van der Waals surface area (Å²) in [6.45, 7) is 4.54. The van der Waals surface area contributed by atoms with Gasteiger partial charge in [0, 0.05) is 18.3 Å². The third-order valence-corrected chi connectivity index (χ3v) is 2.96. The fraction of sp³-hybridized carbons (Fsp3) is 0.357.